The highest BCUT2D eigenvalue weighted by Gasteiger charge is 2.21. The summed E-state index contributed by atoms with van der Waals surface area (Å²) in [5.74, 6) is -1.34. The molecule has 9 heteroatoms. The molecule has 1 aromatic carbocycles. The third-order valence-corrected chi connectivity index (χ3v) is 5.04. The molecule has 128 valence electrons. The molecule has 7 nitrogen and oxygen atoms in total. The molecule has 0 aliphatic rings. The first kappa shape index (κ1) is 16.8. The maximum absolute atomic E-state index is 13.8. The van der Waals surface area contributed by atoms with Crippen LogP contribution in [0.2, 0.25) is 0 Å². The third-order valence-electron chi connectivity index (χ3n) is 3.37. The summed E-state index contributed by atoms with van der Waals surface area (Å²) in [6.07, 6.45) is 6.85. The van der Waals surface area contributed by atoms with Crippen molar-refractivity contribution in [3.8, 4) is 0 Å². The normalized spacial score (nSPS) is 11.2. The molecule has 0 radical (unpaired) electrons. The van der Waals surface area contributed by atoms with E-state index in [1.165, 1.54) is 49.1 Å². The predicted octanol–water partition coefficient (Wildman–Crippen LogP) is 1.58. The molecule has 0 unspecified atom stereocenters. The Balaban J connectivity index is 1.78. The zero-order valence-corrected chi connectivity index (χ0v) is 13.6. The van der Waals surface area contributed by atoms with Crippen molar-refractivity contribution in [1.82, 2.24) is 19.3 Å². The largest absolute Gasteiger partial charge is 0.346 e. The van der Waals surface area contributed by atoms with Crippen molar-refractivity contribution < 1.29 is 17.6 Å². The number of benzene rings is 1. The fourth-order valence-corrected chi connectivity index (χ4v) is 3.39. The average Bonchev–Trinajstić information content (AvgIpc) is 3.12. The standard InChI is InChI=1S/C16H13FN4O3S/c17-14-3-1-2-4-15(14)25(23,24)21-8-5-12(11-21)16(22)20-10-13-9-18-6-7-19-13/h1-9,11H,10H2,(H,20,22). The minimum Gasteiger partial charge on any atom is -0.346 e. The lowest BCUT2D eigenvalue weighted by Crippen LogP contribution is -2.23. The van der Waals surface area contributed by atoms with Crippen molar-refractivity contribution in [3.63, 3.8) is 0 Å². The average molecular weight is 360 g/mol. The van der Waals surface area contributed by atoms with Gasteiger partial charge < -0.3 is 5.32 Å². The fourth-order valence-electron chi connectivity index (χ4n) is 2.12. The van der Waals surface area contributed by atoms with Gasteiger partial charge >= 0.3 is 0 Å². The molecule has 25 heavy (non-hydrogen) atoms. The van der Waals surface area contributed by atoms with Gasteiger partial charge in [0.1, 0.15) is 10.7 Å². The van der Waals surface area contributed by atoms with Crippen LogP contribution in [0.5, 0.6) is 0 Å². The first-order chi connectivity index (χ1) is 12.0. The van der Waals surface area contributed by atoms with Gasteiger partial charge in [0, 0.05) is 24.8 Å². The molecular weight excluding hydrogens is 347 g/mol. The Kier molecular flexibility index (Phi) is 4.57. The van der Waals surface area contributed by atoms with E-state index >= 15 is 0 Å². The molecule has 0 atom stereocenters. The molecule has 0 saturated carbocycles. The Morgan fingerprint density at radius 2 is 2.00 bits per heavy atom. The topological polar surface area (TPSA) is 93.9 Å². The van der Waals surface area contributed by atoms with E-state index < -0.39 is 26.6 Å². The van der Waals surface area contributed by atoms with Crippen LogP contribution in [0.15, 0.2) is 66.2 Å². The van der Waals surface area contributed by atoms with Crippen molar-refractivity contribution in [3.05, 3.63) is 78.4 Å². The van der Waals surface area contributed by atoms with Gasteiger partial charge in [-0.25, -0.2) is 16.8 Å². The summed E-state index contributed by atoms with van der Waals surface area (Å²) in [5, 5.41) is 2.61. The number of aromatic nitrogens is 3. The first-order valence-electron chi connectivity index (χ1n) is 7.19. The smallest absolute Gasteiger partial charge is 0.270 e. The van der Waals surface area contributed by atoms with Crippen LogP contribution < -0.4 is 5.32 Å². The lowest BCUT2D eigenvalue weighted by molar-refractivity contribution is 0.0950. The summed E-state index contributed by atoms with van der Waals surface area (Å²) in [4.78, 5) is 19.6. The highest BCUT2D eigenvalue weighted by atomic mass is 32.2. The van der Waals surface area contributed by atoms with E-state index in [1.54, 1.807) is 0 Å². The van der Waals surface area contributed by atoms with Gasteiger partial charge in [0.2, 0.25) is 0 Å². The van der Waals surface area contributed by atoms with E-state index in [0.29, 0.717) is 5.69 Å². The molecular formula is C16H13FN4O3S. The number of halogens is 1. The number of rotatable bonds is 5. The molecule has 0 spiro atoms. The molecule has 2 aromatic heterocycles. The van der Waals surface area contributed by atoms with Crippen molar-refractivity contribution in [2.75, 3.05) is 0 Å². The van der Waals surface area contributed by atoms with Crippen LogP contribution in [0.1, 0.15) is 16.1 Å². The summed E-state index contributed by atoms with van der Waals surface area (Å²) >= 11 is 0. The molecule has 3 aromatic rings. The van der Waals surface area contributed by atoms with Gasteiger partial charge in [-0.1, -0.05) is 12.1 Å². The highest BCUT2D eigenvalue weighted by Crippen LogP contribution is 2.18. The molecule has 0 fully saturated rings. The Morgan fingerprint density at radius 3 is 2.72 bits per heavy atom. The van der Waals surface area contributed by atoms with Crippen molar-refractivity contribution in [2.24, 2.45) is 0 Å². The zero-order chi connectivity index (χ0) is 17.9. The van der Waals surface area contributed by atoms with Crippen LogP contribution in [0, 0.1) is 5.82 Å². The van der Waals surface area contributed by atoms with Gasteiger partial charge in [0.25, 0.3) is 15.9 Å². The van der Waals surface area contributed by atoms with Crippen LogP contribution in [-0.4, -0.2) is 28.3 Å². The highest BCUT2D eigenvalue weighted by molar-refractivity contribution is 7.90. The van der Waals surface area contributed by atoms with E-state index in [2.05, 4.69) is 15.3 Å². The number of nitrogens with zero attached hydrogens (tertiary/aromatic N) is 3. The van der Waals surface area contributed by atoms with Crippen LogP contribution in [0.3, 0.4) is 0 Å². The number of hydrogen-bond donors (Lipinski definition) is 1. The first-order valence-corrected chi connectivity index (χ1v) is 8.63. The minimum absolute atomic E-state index is 0.129. The molecule has 3 rings (SSSR count). The number of amides is 1. The van der Waals surface area contributed by atoms with Crippen LogP contribution in [0.4, 0.5) is 4.39 Å². The van der Waals surface area contributed by atoms with E-state index in [0.717, 1.165) is 16.2 Å². The number of nitrogens with one attached hydrogen (secondary N) is 1. The van der Waals surface area contributed by atoms with E-state index in [-0.39, 0.29) is 12.1 Å². The molecule has 0 aliphatic heterocycles. The Labute approximate surface area is 143 Å². The predicted molar refractivity (Wildman–Crippen MR) is 86.6 cm³/mol. The summed E-state index contributed by atoms with van der Waals surface area (Å²) in [6, 6.07) is 6.39. The molecule has 0 bridgehead atoms. The summed E-state index contributed by atoms with van der Waals surface area (Å²) in [5.41, 5.74) is 0.693. The van der Waals surface area contributed by atoms with E-state index in [9.17, 15) is 17.6 Å². The molecule has 0 saturated heterocycles. The second-order valence-electron chi connectivity index (χ2n) is 5.04. The maximum Gasteiger partial charge on any atom is 0.270 e. The monoisotopic (exact) mass is 360 g/mol. The SMILES string of the molecule is O=C(NCc1cnccn1)c1ccn(S(=O)(=O)c2ccccc2F)c1. The van der Waals surface area contributed by atoms with Gasteiger partial charge in [0.05, 0.1) is 24.0 Å². The molecule has 1 N–H and O–H groups in total. The third kappa shape index (κ3) is 3.56. The second-order valence-corrected chi connectivity index (χ2v) is 6.86. The van der Waals surface area contributed by atoms with E-state index in [4.69, 9.17) is 0 Å². The Hall–Kier alpha value is -3.07. The van der Waals surface area contributed by atoms with Gasteiger partial charge in [0.15, 0.2) is 0 Å². The maximum atomic E-state index is 13.8. The quantitative estimate of drug-likeness (QED) is 0.746. The zero-order valence-electron chi connectivity index (χ0n) is 12.8. The fraction of sp³-hybridized carbons (Fsp3) is 0.0625. The molecule has 0 aliphatic carbocycles. The summed E-state index contributed by atoms with van der Waals surface area (Å²) in [7, 11) is -4.11. The Morgan fingerprint density at radius 1 is 1.20 bits per heavy atom. The van der Waals surface area contributed by atoms with Crippen molar-refractivity contribution in [1.29, 1.82) is 0 Å². The second kappa shape index (κ2) is 6.81. The van der Waals surface area contributed by atoms with E-state index in [1.807, 2.05) is 0 Å². The van der Waals surface area contributed by atoms with Gasteiger partial charge in [-0.3, -0.25) is 14.8 Å². The number of carbonyl (C=O) groups excluding carboxylic acids is 1. The lowest BCUT2D eigenvalue weighted by atomic mass is 10.3. The summed E-state index contributed by atoms with van der Waals surface area (Å²) < 4.78 is 39.5. The van der Waals surface area contributed by atoms with Gasteiger partial charge in [-0.15, -0.1) is 0 Å². The van der Waals surface area contributed by atoms with Crippen molar-refractivity contribution in [2.45, 2.75) is 11.4 Å². The minimum atomic E-state index is -4.11. The Bertz CT molecular complexity index is 1000. The van der Waals surface area contributed by atoms with Crippen LogP contribution in [-0.2, 0) is 16.6 Å². The van der Waals surface area contributed by atoms with Crippen molar-refractivity contribution >= 4 is 15.9 Å². The number of hydrogen-bond acceptors (Lipinski definition) is 5. The molecule has 1 amide bonds. The number of carbonyl (C=O) groups is 1. The lowest BCUT2D eigenvalue weighted by Gasteiger charge is -2.06. The van der Waals surface area contributed by atoms with Crippen LogP contribution >= 0.6 is 0 Å². The molecule has 2 heterocycles. The van der Waals surface area contributed by atoms with Crippen LogP contribution in [0.25, 0.3) is 0 Å². The van der Waals surface area contributed by atoms with Gasteiger partial charge in [-0.2, -0.15) is 0 Å². The van der Waals surface area contributed by atoms with Gasteiger partial charge in [-0.05, 0) is 18.2 Å². The summed E-state index contributed by atoms with van der Waals surface area (Å²) in [6.45, 7) is 0.151.